The number of hydrogen-bond acceptors (Lipinski definition) is 5. The summed E-state index contributed by atoms with van der Waals surface area (Å²) < 4.78 is 42.3. The van der Waals surface area contributed by atoms with E-state index in [1.165, 1.54) is 24.5 Å². The molecule has 0 saturated heterocycles. The van der Waals surface area contributed by atoms with Crippen LogP contribution in [-0.4, -0.2) is 34.6 Å². The van der Waals surface area contributed by atoms with Gasteiger partial charge in [0.15, 0.2) is 6.61 Å². The van der Waals surface area contributed by atoms with Crippen molar-refractivity contribution in [2.24, 2.45) is 0 Å². The van der Waals surface area contributed by atoms with E-state index in [1.54, 1.807) is 19.9 Å². The Kier molecular flexibility index (Phi) is 8.38. The van der Waals surface area contributed by atoms with Gasteiger partial charge in [-0.2, -0.15) is 13.2 Å². The van der Waals surface area contributed by atoms with Crippen molar-refractivity contribution in [2.45, 2.75) is 36.9 Å². The molecule has 2 amide bonds. The highest BCUT2D eigenvalue weighted by Crippen LogP contribution is 2.25. The minimum atomic E-state index is -4.45. The molecule has 11 heteroatoms. The topological polar surface area (TPSA) is 93.2 Å². The number of nitrogens with zero attached hydrogens (tertiary/aromatic N) is 2. The summed E-state index contributed by atoms with van der Waals surface area (Å²) >= 11 is 2.00. The van der Waals surface area contributed by atoms with Gasteiger partial charge < -0.3 is 15.4 Å². The number of alkyl halides is 4. The van der Waals surface area contributed by atoms with E-state index in [1.807, 2.05) is 22.6 Å². The highest BCUT2D eigenvalue weighted by atomic mass is 127. The average Bonchev–Trinajstić information content (AvgIpc) is 2.71. The number of halogens is 4. The van der Waals surface area contributed by atoms with Crippen LogP contribution in [0.2, 0.25) is 0 Å². The molecule has 1 atom stereocenters. The zero-order valence-corrected chi connectivity index (χ0v) is 18.4. The molecule has 162 valence electrons. The number of aromatic nitrogens is 2. The molecule has 2 rings (SSSR count). The summed E-state index contributed by atoms with van der Waals surface area (Å²) in [6.07, 6.45) is -1.40. The third-order valence-electron chi connectivity index (χ3n) is 3.92. The molecule has 2 aromatic heterocycles. The van der Waals surface area contributed by atoms with Gasteiger partial charge in [-0.05, 0) is 30.7 Å². The fraction of sp³-hybridized carbons (Fsp3) is 0.368. The average molecular weight is 536 g/mol. The summed E-state index contributed by atoms with van der Waals surface area (Å²) in [6.45, 7) is 2.00. The summed E-state index contributed by atoms with van der Waals surface area (Å²) in [5, 5.41) is 5.37. The lowest BCUT2D eigenvalue weighted by Gasteiger charge is -2.17. The lowest BCUT2D eigenvalue weighted by atomic mass is 10.1. The maximum Gasteiger partial charge on any atom is 0.422 e. The van der Waals surface area contributed by atoms with Crippen molar-refractivity contribution in [3.05, 3.63) is 47.3 Å². The second-order valence-electron chi connectivity index (χ2n) is 6.30. The first-order valence-electron chi connectivity index (χ1n) is 8.94. The predicted octanol–water partition coefficient (Wildman–Crippen LogP) is 4.19. The molecule has 0 spiro atoms. The molecule has 1 unspecified atom stereocenters. The van der Waals surface area contributed by atoms with E-state index in [2.05, 4.69) is 20.6 Å². The Bertz CT molecular complexity index is 909. The molecule has 0 fully saturated rings. The van der Waals surface area contributed by atoms with Gasteiger partial charge in [0.25, 0.3) is 5.91 Å². The number of pyridine rings is 2. The van der Waals surface area contributed by atoms with E-state index in [-0.39, 0.29) is 24.0 Å². The van der Waals surface area contributed by atoms with Crippen LogP contribution >= 0.6 is 22.6 Å². The van der Waals surface area contributed by atoms with E-state index in [9.17, 15) is 22.8 Å². The number of carbonyl (C=O) groups is 2. The summed E-state index contributed by atoms with van der Waals surface area (Å²) in [5.74, 6) is -0.444. The van der Waals surface area contributed by atoms with Crippen LogP contribution in [0.3, 0.4) is 0 Å². The van der Waals surface area contributed by atoms with Gasteiger partial charge in [-0.3, -0.25) is 9.59 Å². The summed E-state index contributed by atoms with van der Waals surface area (Å²) in [6, 6.07) is 4.14. The quantitative estimate of drug-likeness (QED) is 0.390. The van der Waals surface area contributed by atoms with Crippen LogP contribution in [0.15, 0.2) is 30.6 Å². The van der Waals surface area contributed by atoms with Crippen molar-refractivity contribution in [2.75, 3.05) is 11.9 Å². The van der Waals surface area contributed by atoms with Crippen molar-refractivity contribution >= 4 is 40.2 Å². The van der Waals surface area contributed by atoms with Gasteiger partial charge in [0, 0.05) is 34.4 Å². The maximum absolute atomic E-state index is 12.5. The molecule has 0 saturated carbocycles. The molecule has 0 aliphatic carbocycles. The zero-order chi connectivity index (χ0) is 22.3. The molecule has 2 heterocycles. The molecular weight excluding hydrogens is 516 g/mol. The molecule has 0 aliphatic heterocycles. The Hall–Kier alpha value is -2.44. The smallest absolute Gasteiger partial charge is 0.422 e. The summed E-state index contributed by atoms with van der Waals surface area (Å²) in [4.78, 5) is 32.0. The van der Waals surface area contributed by atoms with Crippen molar-refractivity contribution in [3.8, 4) is 5.88 Å². The number of carbonyl (C=O) groups excluding carboxylic acids is 2. The van der Waals surface area contributed by atoms with E-state index in [0.29, 0.717) is 21.1 Å². The monoisotopic (exact) mass is 536 g/mol. The van der Waals surface area contributed by atoms with Crippen molar-refractivity contribution < 1.29 is 27.5 Å². The van der Waals surface area contributed by atoms with Gasteiger partial charge in [-0.1, -0.05) is 29.5 Å². The fourth-order valence-electron chi connectivity index (χ4n) is 2.36. The number of anilines is 1. The summed E-state index contributed by atoms with van der Waals surface area (Å²) in [7, 11) is 0. The largest absolute Gasteiger partial charge is 0.468 e. The molecule has 7 nitrogen and oxygen atoms in total. The van der Waals surface area contributed by atoms with Crippen LogP contribution < -0.4 is 15.4 Å². The van der Waals surface area contributed by atoms with Crippen LogP contribution in [0.4, 0.5) is 19.0 Å². The molecule has 0 aliphatic rings. The SMILES string of the molecule is CCC(=O)Nc1cc(C(=O)NC(C)c2cnc(OCC(F)(F)F)c(CI)c2)ccn1. The van der Waals surface area contributed by atoms with E-state index >= 15 is 0 Å². The number of amides is 2. The van der Waals surface area contributed by atoms with E-state index in [4.69, 9.17) is 4.74 Å². The molecule has 2 N–H and O–H groups in total. The van der Waals surface area contributed by atoms with E-state index < -0.39 is 24.7 Å². The lowest BCUT2D eigenvalue weighted by Crippen LogP contribution is -2.27. The molecule has 0 radical (unpaired) electrons. The molecular formula is C19H20F3IN4O3. The van der Waals surface area contributed by atoms with Crippen molar-refractivity contribution in [3.63, 3.8) is 0 Å². The minimum absolute atomic E-state index is 0.0885. The normalized spacial score (nSPS) is 12.2. The zero-order valence-electron chi connectivity index (χ0n) is 16.2. The first-order chi connectivity index (χ1) is 14.1. The molecule has 0 bridgehead atoms. The Balaban J connectivity index is 2.10. The minimum Gasteiger partial charge on any atom is -0.468 e. The van der Waals surface area contributed by atoms with Gasteiger partial charge in [0.1, 0.15) is 5.82 Å². The Morgan fingerprint density at radius 2 is 2.00 bits per heavy atom. The number of ether oxygens (including phenoxy) is 1. The van der Waals surface area contributed by atoms with Gasteiger partial charge in [-0.25, -0.2) is 9.97 Å². The Morgan fingerprint density at radius 3 is 2.63 bits per heavy atom. The predicted molar refractivity (Wildman–Crippen MR) is 113 cm³/mol. The van der Waals surface area contributed by atoms with Gasteiger partial charge in [0.05, 0.1) is 6.04 Å². The van der Waals surface area contributed by atoms with Crippen molar-refractivity contribution in [1.29, 1.82) is 0 Å². The highest BCUT2D eigenvalue weighted by Gasteiger charge is 2.29. The van der Waals surface area contributed by atoms with E-state index in [0.717, 1.165) is 0 Å². The third kappa shape index (κ3) is 7.11. The van der Waals surface area contributed by atoms with Gasteiger partial charge in [-0.15, -0.1) is 0 Å². The van der Waals surface area contributed by atoms with Crippen LogP contribution in [0, 0.1) is 0 Å². The van der Waals surface area contributed by atoms with Gasteiger partial charge >= 0.3 is 6.18 Å². The van der Waals surface area contributed by atoms with Crippen molar-refractivity contribution in [1.82, 2.24) is 15.3 Å². The first kappa shape index (κ1) is 23.8. The lowest BCUT2D eigenvalue weighted by molar-refractivity contribution is -0.154. The molecule has 30 heavy (non-hydrogen) atoms. The third-order valence-corrected chi connectivity index (χ3v) is 4.74. The fourth-order valence-corrected chi connectivity index (χ4v) is 2.91. The second-order valence-corrected chi connectivity index (χ2v) is 7.06. The van der Waals surface area contributed by atoms with Crippen LogP contribution in [0.5, 0.6) is 5.88 Å². The standard InChI is InChI=1S/C19H20F3IN4O3/c1-3-16(28)27-15-7-12(4-5-24-15)17(29)26-11(2)14-6-13(8-23)18(25-9-14)30-10-19(20,21)22/h4-7,9,11H,3,8,10H2,1-2H3,(H,26,29)(H,24,27,28). The van der Waals surface area contributed by atoms with Crippen LogP contribution in [0.1, 0.15) is 47.8 Å². The maximum atomic E-state index is 12.5. The Morgan fingerprint density at radius 1 is 1.27 bits per heavy atom. The number of nitrogens with one attached hydrogen (secondary N) is 2. The van der Waals surface area contributed by atoms with Gasteiger partial charge in [0.2, 0.25) is 11.8 Å². The first-order valence-corrected chi connectivity index (χ1v) is 10.5. The highest BCUT2D eigenvalue weighted by molar-refractivity contribution is 14.1. The Labute approximate surface area is 185 Å². The second kappa shape index (κ2) is 10.5. The van der Waals surface area contributed by atoms with Crippen LogP contribution in [-0.2, 0) is 9.22 Å². The number of hydrogen-bond donors (Lipinski definition) is 2. The number of rotatable bonds is 8. The molecule has 2 aromatic rings. The molecule has 0 aromatic carbocycles. The van der Waals surface area contributed by atoms with Crippen LogP contribution in [0.25, 0.3) is 0 Å². The summed E-state index contributed by atoms with van der Waals surface area (Å²) in [5.41, 5.74) is 1.41.